The second-order valence-electron chi connectivity index (χ2n) is 5.83. The summed E-state index contributed by atoms with van der Waals surface area (Å²) < 4.78 is 0. The summed E-state index contributed by atoms with van der Waals surface area (Å²) in [7, 11) is 0. The Bertz CT molecular complexity index is 252. The highest BCUT2D eigenvalue weighted by molar-refractivity contribution is 5.81. The van der Waals surface area contributed by atoms with Gasteiger partial charge in [-0.15, -0.1) is 0 Å². The van der Waals surface area contributed by atoms with Crippen LogP contribution in [-0.2, 0) is 4.79 Å². The van der Waals surface area contributed by atoms with Gasteiger partial charge in [0, 0.05) is 12.6 Å². The fourth-order valence-corrected chi connectivity index (χ4v) is 2.61. The van der Waals surface area contributed by atoms with Crippen molar-refractivity contribution in [3.63, 3.8) is 0 Å². The van der Waals surface area contributed by atoms with E-state index < -0.39 is 0 Å². The maximum Gasteiger partial charge on any atom is 0.237 e. The highest BCUT2D eigenvalue weighted by Crippen LogP contribution is 2.43. The zero-order valence-electron chi connectivity index (χ0n) is 12.5. The third-order valence-electron chi connectivity index (χ3n) is 4.67. The molecule has 0 radical (unpaired) electrons. The molecule has 0 aromatic rings. The van der Waals surface area contributed by atoms with E-state index in [4.69, 9.17) is 0 Å². The lowest BCUT2D eigenvalue weighted by Crippen LogP contribution is -2.50. The van der Waals surface area contributed by atoms with Gasteiger partial charge in [0.1, 0.15) is 0 Å². The second kappa shape index (κ2) is 7.13. The molecule has 3 nitrogen and oxygen atoms in total. The van der Waals surface area contributed by atoms with Crippen LogP contribution in [0.25, 0.3) is 0 Å². The van der Waals surface area contributed by atoms with Crippen LogP contribution < -0.4 is 10.6 Å². The topological polar surface area (TPSA) is 41.1 Å². The Balaban J connectivity index is 2.31. The summed E-state index contributed by atoms with van der Waals surface area (Å²) in [6.07, 6.45) is 7.22. The van der Waals surface area contributed by atoms with Gasteiger partial charge in [-0.05, 0) is 44.4 Å². The van der Waals surface area contributed by atoms with Crippen molar-refractivity contribution < 1.29 is 4.79 Å². The van der Waals surface area contributed by atoms with E-state index in [2.05, 4.69) is 31.4 Å². The molecule has 3 heteroatoms. The summed E-state index contributed by atoms with van der Waals surface area (Å²) >= 11 is 0. The number of carbonyl (C=O) groups excluding carboxylic acids is 1. The van der Waals surface area contributed by atoms with E-state index in [0.717, 1.165) is 19.4 Å². The minimum atomic E-state index is -0.0744. The number of rotatable bonds is 8. The molecule has 1 saturated carbocycles. The fourth-order valence-electron chi connectivity index (χ4n) is 2.61. The first-order chi connectivity index (χ1) is 8.56. The predicted molar refractivity (Wildman–Crippen MR) is 76.6 cm³/mol. The lowest BCUT2D eigenvalue weighted by Gasteiger charge is -2.42. The van der Waals surface area contributed by atoms with Crippen LogP contribution in [0.4, 0.5) is 0 Å². The Morgan fingerprint density at radius 1 is 1.22 bits per heavy atom. The summed E-state index contributed by atoms with van der Waals surface area (Å²) in [4.78, 5) is 12.0. The van der Waals surface area contributed by atoms with Crippen LogP contribution in [0, 0.1) is 5.41 Å². The van der Waals surface area contributed by atoms with E-state index in [-0.39, 0.29) is 11.9 Å². The highest BCUT2D eigenvalue weighted by Gasteiger charge is 2.35. The molecule has 0 bridgehead atoms. The standard InChI is InChI=1S/C15H30N2O/c1-5-13(6-2)17-14(18)12(4)16-11-15(7-3)9-8-10-15/h12-13,16H,5-11H2,1-4H3,(H,17,18). The van der Waals surface area contributed by atoms with Crippen LogP contribution in [0.3, 0.4) is 0 Å². The van der Waals surface area contributed by atoms with Crippen LogP contribution in [0.15, 0.2) is 0 Å². The Hall–Kier alpha value is -0.570. The normalized spacial score (nSPS) is 19.4. The molecular weight excluding hydrogens is 224 g/mol. The molecule has 106 valence electrons. The summed E-state index contributed by atoms with van der Waals surface area (Å²) in [5, 5.41) is 6.52. The van der Waals surface area contributed by atoms with Crippen LogP contribution in [-0.4, -0.2) is 24.5 Å². The van der Waals surface area contributed by atoms with Gasteiger partial charge in [-0.25, -0.2) is 0 Å². The van der Waals surface area contributed by atoms with E-state index in [9.17, 15) is 4.79 Å². The molecule has 1 rings (SSSR count). The maximum atomic E-state index is 12.0. The summed E-state index contributed by atoms with van der Waals surface area (Å²) in [6.45, 7) is 9.45. The lowest BCUT2D eigenvalue weighted by molar-refractivity contribution is -0.123. The number of nitrogens with one attached hydrogen (secondary N) is 2. The van der Waals surface area contributed by atoms with Gasteiger partial charge in [0.2, 0.25) is 5.91 Å². The van der Waals surface area contributed by atoms with Crippen molar-refractivity contribution in [2.45, 2.75) is 78.3 Å². The fraction of sp³-hybridized carbons (Fsp3) is 0.933. The average molecular weight is 254 g/mol. The molecule has 18 heavy (non-hydrogen) atoms. The largest absolute Gasteiger partial charge is 0.352 e. The monoisotopic (exact) mass is 254 g/mol. The molecule has 0 aromatic heterocycles. The van der Waals surface area contributed by atoms with Gasteiger partial charge in [0.25, 0.3) is 0 Å². The van der Waals surface area contributed by atoms with Gasteiger partial charge < -0.3 is 10.6 Å². The van der Waals surface area contributed by atoms with Crippen LogP contribution in [0.1, 0.15) is 66.2 Å². The van der Waals surface area contributed by atoms with E-state index >= 15 is 0 Å². The molecule has 0 saturated heterocycles. The van der Waals surface area contributed by atoms with Crippen molar-refractivity contribution in [1.29, 1.82) is 0 Å². The molecule has 1 unspecified atom stereocenters. The molecule has 0 aliphatic heterocycles. The maximum absolute atomic E-state index is 12.0. The van der Waals surface area contributed by atoms with Crippen molar-refractivity contribution in [3.8, 4) is 0 Å². The third kappa shape index (κ3) is 3.98. The predicted octanol–water partition coefficient (Wildman–Crippen LogP) is 2.85. The van der Waals surface area contributed by atoms with Gasteiger partial charge in [-0.1, -0.05) is 27.2 Å². The molecule has 2 N–H and O–H groups in total. The Morgan fingerprint density at radius 2 is 1.83 bits per heavy atom. The van der Waals surface area contributed by atoms with E-state index in [1.54, 1.807) is 0 Å². The SMILES string of the molecule is CCC(CC)NC(=O)C(C)NCC1(CC)CCC1. The molecule has 1 atom stereocenters. The van der Waals surface area contributed by atoms with Crippen LogP contribution in [0.2, 0.25) is 0 Å². The first-order valence-corrected chi connectivity index (χ1v) is 7.60. The van der Waals surface area contributed by atoms with Crippen LogP contribution >= 0.6 is 0 Å². The summed E-state index contributed by atoms with van der Waals surface area (Å²) in [5.41, 5.74) is 0.476. The van der Waals surface area contributed by atoms with Gasteiger partial charge in [-0.3, -0.25) is 4.79 Å². The molecule has 1 aliphatic carbocycles. The smallest absolute Gasteiger partial charge is 0.237 e. The second-order valence-corrected chi connectivity index (χ2v) is 5.83. The molecule has 1 fully saturated rings. The summed E-state index contributed by atoms with van der Waals surface area (Å²) in [6, 6.07) is 0.250. The Kier molecular flexibility index (Phi) is 6.13. The first kappa shape index (κ1) is 15.5. The van der Waals surface area contributed by atoms with Gasteiger partial charge >= 0.3 is 0 Å². The molecule has 0 heterocycles. The van der Waals surface area contributed by atoms with Crippen LogP contribution in [0.5, 0.6) is 0 Å². The first-order valence-electron chi connectivity index (χ1n) is 7.60. The molecule has 1 aliphatic rings. The molecule has 0 spiro atoms. The van der Waals surface area contributed by atoms with E-state index in [1.165, 1.54) is 25.7 Å². The van der Waals surface area contributed by atoms with Gasteiger partial charge in [-0.2, -0.15) is 0 Å². The van der Waals surface area contributed by atoms with E-state index in [0.29, 0.717) is 11.5 Å². The number of hydrogen-bond donors (Lipinski definition) is 2. The summed E-state index contributed by atoms with van der Waals surface area (Å²) in [5.74, 6) is 0.147. The zero-order valence-corrected chi connectivity index (χ0v) is 12.5. The third-order valence-corrected chi connectivity index (χ3v) is 4.67. The number of hydrogen-bond acceptors (Lipinski definition) is 2. The van der Waals surface area contributed by atoms with Crippen molar-refractivity contribution >= 4 is 5.91 Å². The Labute approximate surface area is 112 Å². The average Bonchev–Trinajstić information content (AvgIpc) is 2.34. The van der Waals surface area contributed by atoms with Crippen molar-refractivity contribution in [2.75, 3.05) is 6.54 Å². The minimum Gasteiger partial charge on any atom is -0.352 e. The number of carbonyl (C=O) groups is 1. The van der Waals surface area contributed by atoms with Gasteiger partial charge in [0.15, 0.2) is 0 Å². The van der Waals surface area contributed by atoms with Crippen molar-refractivity contribution in [3.05, 3.63) is 0 Å². The quantitative estimate of drug-likeness (QED) is 0.699. The lowest BCUT2D eigenvalue weighted by atomic mass is 9.67. The van der Waals surface area contributed by atoms with Crippen molar-refractivity contribution in [1.82, 2.24) is 10.6 Å². The molecule has 0 aromatic carbocycles. The van der Waals surface area contributed by atoms with Gasteiger partial charge in [0.05, 0.1) is 6.04 Å². The van der Waals surface area contributed by atoms with Crippen molar-refractivity contribution in [2.24, 2.45) is 5.41 Å². The Morgan fingerprint density at radius 3 is 2.22 bits per heavy atom. The number of amides is 1. The highest BCUT2D eigenvalue weighted by atomic mass is 16.2. The minimum absolute atomic E-state index is 0.0744. The zero-order chi connectivity index (χ0) is 13.6. The van der Waals surface area contributed by atoms with E-state index in [1.807, 2.05) is 6.92 Å². The molecule has 1 amide bonds. The molecular formula is C15H30N2O.